The highest BCUT2D eigenvalue weighted by Gasteiger charge is 2.05. The van der Waals surface area contributed by atoms with Gasteiger partial charge in [0.15, 0.2) is 0 Å². The summed E-state index contributed by atoms with van der Waals surface area (Å²) in [6, 6.07) is 0.345. The molecule has 1 unspecified atom stereocenters. The quantitative estimate of drug-likeness (QED) is 0.612. The number of rotatable bonds is 7. The van der Waals surface area contributed by atoms with Crippen LogP contribution in [0, 0.1) is 0 Å². The van der Waals surface area contributed by atoms with Gasteiger partial charge in [-0.15, -0.1) is 0 Å². The van der Waals surface area contributed by atoms with Crippen LogP contribution in [0.25, 0.3) is 0 Å². The molecule has 0 saturated heterocycles. The number of nitrogens with one attached hydrogen (secondary N) is 2. The zero-order valence-electron chi connectivity index (χ0n) is 9.76. The van der Waals surface area contributed by atoms with E-state index in [1.54, 1.807) is 0 Å². The molecule has 0 bridgehead atoms. The van der Waals surface area contributed by atoms with E-state index < -0.39 is 0 Å². The van der Waals surface area contributed by atoms with Gasteiger partial charge in [0, 0.05) is 19.1 Å². The summed E-state index contributed by atoms with van der Waals surface area (Å²) in [6.45, 7) is 6.24. The van der Waals surface area contributed by atoms with Gasteiger partial charge in [-0.3, -0.25) is 4.79 Å². The molecule has 0 heterocycles. The highest BCUT2D eigenvalue weighted by molar-refractivity contribution is 5.77. The lowest BCUT2D eigenvalue weighted by Gasteiger charge is -2.17. The van der Waals surface area contributed by atoms with E-state index in [9.17, 15) is 4.79 Å². The molecule has 0 aliphatic carbocycles. The van der Waals surface area contributed by atoms with Crippen molar-refractivity contribution in [3.8, 4) is 0 Å². The average Bonchev–Trinajstić information content (AvgIpc) is 2.10. The number of hydrogen-bond acceptors (Lipinski definition) is 3. The van der Waals surface area contributed by atoms with Crippen LogP contribution in [-0.4, -0.2) is 50.6 Å². The molecule has 4 heteroatoms. The Morgan fingerprint density at radius 2 is 2.07 bits per heavy atom. The maximum Gasteiger partial charge on any atom is 0.233 e. The summed E-state index contributed by atoms with van der Waals surface area (Å²) >= 11 is 0. The Balaban J connectivity index is 3.45. The van der Waals surface area contributed by atoms with Crippen LogP contribution in [0.15, 0.2) is 0 Å². The van der Waals surface area contributed by atoms with Crippen LogP contribution in [0.1, 0.15) is 20.3 Å². The molecule has 0 spiro atoms. The SMILES string of the molecule is CCCNC(=O)CNC(C)CN(C)C. The summed E-state index contributed by atoms with van der Waals surface area (Å²) in [5.41, 5.74) is 0. The van der Waals surface area contributed by atoms with E-state index in [1.165, 1.54) is 0 Å². The number of hydrogen-bond donors (Lipinski definition) is 2. The number of amides is 1. The molecular weight excluding hydrogens is 178 g/mol. The Hall–Kier alpha value is -0.610. The van der Waals surface area contributed by atoms with Gasteiger partial charge < -0.3 is 15.5 Å². The zero-order valence-corrected chi connectivity index (χ0v) is 9.76. The Kier molecular flexibility index (Phi) is 7.42. The third-order valence-corrected chi connectivity index (χ3v) is 1.82. The third-order valence-electron chi connectivity index (χ3n) is 1.82. The molecule has 0 aliphatic rings. The maximum absolute atomic E-state index is 11.2. The van der Waals surface area contributed by atoms with Gasteiger partial charge in [-0.2, -0.15) is 0 Å². The molecule has 1 atom stereocenters. The van der Waals surface area contributed by atoms with Crippen LogP contribution in [-0.2, 0) is 4.79 Å². The minimum absolute atomic E-state index is 0.0810. The third kappa shape index (κ3) is 8.01. The Labute approximate surface area is 87.0 Å². The topological polar surface area (TPSA) is 44.4 Å². The summed E-state index contributed by atoms with van der Waals surface area (Å²) in [6.07, 6.45) is 0.985. The van der Waals surface area contributed by atoms with Crippen molar-refractivity contribution >= 4 is 5.91 Å². The molecule has 0 radical (unpaired) electrons. The maximum atomic E-state index is 11.2. The van der Waals surface area contributed by atoms with Gasteiger partial charge in [0.25, 0.3) is 0 Å². The largest absolute Gasteiger partial charge is 0.355 e. The lowest BCUT2D eigenvalue weighted by Crippen LogP contribution is -2.42. The van der Waals surface area contributed by atoms with Crippen molar-refractivity contribution in [2.24, 2.45) is 0 Å². The van der Waals surface area contributed by atoms with Gasteiger partial charge in [0.2, 0.25) is 5.91 Å². The van der Waals surface area contributed by atoms with E-state index in [4.69, 9.17) is 0 Å². The highest BCUT2D eigenvalue weighted by atomic mass is 16.1. The van der Waals surface area contributed by atoms with E-state index in [-0.39, 0.29) is 5.91 Å². The lowest BCUT2D eigenvalue weighted by atomic mass is 10.3. The molecule has 0 aromatic heterocycles. The Morgan fingerprint density at radius 3 is 2.57 bits per heavy atom. The molecular formula is C10H23N3O. The summed E-state index contributed by atoms with van der Waals surface area (Å²) in [5.74, 6) is 0.0810. The van der Waals surface area contributed by atoms with Crippen molar-refractivity contribution in [1.82, 2.24) is 15.5 Å². The molecule has 0 rings (SSSR count). The number of carbonyl (C=O) groups excluding carboxylic acids is 1. The van der Waals surface area contributed by atoms with E-state index in [1.807, 2.05) is 21.0 Å². The first kappa shape index (κ1) is 13.4. The lowest BCUT2D eigenvalue weighted by molar-refractivity contribution is -0.120. The highest BCUT2D eigenvalue weighted by Crippen LogP contribution is 1.83. The Morgan fingerprint density at radius 1 is 1.43 bits per heavy atom. The second-order valence-electron chi connectivity index (χ2n) is 3.89. The molecule has 0 aliphatic heterocycles. The molecule has 1 amide bonds. The second kappa shape index (κ2) is 7.76. The molecule has 0 saturated carbocycles. The normalized spacial score (nSPS) is 12.9. The van der Waals surface area contributed by atoms with Crippen LogP contribution in [0.5, 0.6) is 0 Å². The fourth-order valence-corrected chi connectivity index (χ4v) is 1.21. The molecule has 0 fully saturated rings. The minimum Gasteiger partial charge on any atom is -0.355 e. The van der Waals surface area contributed by atoms with Gasteiger partial charge in [-0.05, 0) is 27.4 Å². The summed E-state index contributed by atoms with van der Waals surface area (Å²) in [4.78, 5) is 13.3. The smallest absolute Gasteiger partial charge is 0.233 e. The summed E-state index contributed by atoms with van der Waals surface area (Å²) in [7, 11) is 4.05. The fourth-order valence-electron chi connectivity index (χ4n) is 1.21. The van der Waals surface area contributed by atoms with Crippen LogP contribution in [0.3, 0.4) is 0 Å². The van der Waals surface area contributed by atoms with Gasteiger partial charge in [0.1, 0.15) is 0 Å². The van der Waals surface area contributed by atoms with Gasteiger partial charge >= 0.3 is 0 Å². The molecule has 14 heavy (non-hydrogen) atoms. The molecule has 4 nitrogen and oxygen atoms in total. The minimum atomic E-state index is 0.0810. The predicted molar refractivity (Wildman–Crippen MR) is 59.3 cm³/mol. The van der Waals surface area contributed by atoms with Crippen molar-refractivity contribution in [1.29, 1.82) is 0 Å². The van der Waals surface area contributed by atoms with Crippen molar-refractivity contribution in [2.45, 2.75) is 26.3 Å². The average molecular weight is 201 g/mol. The zero-order chi connectivity index (χ0) is 11.0. The number of likely N-dealkylation sites (N-methyl/N-ethyl adjacent to an activating group) is 1. The summed E-state index contributed by atoms with van der Waals surface area (Å²) in [5, 5.41) is 5.99. The van der Waals surface area contributed by atoms with Crippen molar-refractivity contribution in [2.75, 3.05) is 33.7 Å². The van der Waals surface area contributed by atoms with E-state index in [2.05, 4.69) is 22.5 Å². The molecule has 2 N–H and O–H groups in total. The first-order valence-corrected chi connectivity index (χ1v) is 5.21. The Bertz CT molecular complexity index is 159. The monoisotopic (exact) mass is 201 g/mol. The van der Waals surface area contributed by atoms with Crippen LogP contribution in [0.4, 0.5) is 0 Å². The van der Waals surface area contributed by atoms with Crippen LogP contribution >= 0.6 is 0 Å². The van der Waals surface area contributed by atoms with Gasteiger partial charge in [-0.1, -0.05) is 6.92 Å². The number of carbonyl (C=O) groups is 1. The molecule has 84 valence electrons. The first-order chi connectivity index (χ1) is 6.56. The van der Waals surface area contributed by atoms with Gasteiger partial charge in [-0.25, -0.2) is 0 Å². The van der Waals surface area contributed by atoms with Crippen LogP contribution in [0.2, 0.25) is 0 Å². The summed E-state index contributed by atoms with van der Waals surface area (Å²) < 4.78 is 0. The van der Waals surface area contributed by atoms with E-state index in [0.717, 1.165) is 19.5 Å². The molecule has 0 aromatic rings. The fraction of sp³-hybridized carbons (Fsp3) is 0.900. The molecule has 0 aromatic carbocycles. The van der Waals surface area contributed by atoms with Crippen LogP contribution < -0.4 is 10.6 Å². The number of nitrogens with zero attached hydrogens (tertiary/aromatic N) is 1. The standard InChI is InChI=1S/C10H23N3O/c1-5-6-11-10(14)7-12-9(2)8-13(3)4/h9,12H,5-8H2,1-4H3,(H,11,14). The van der Waals surface area contributed by atoms with Crippen molar-refractivity contribution < 1.29 is 4.79 Å². The van der Waals surface area contributed by atoms with Crippen molar-refractivity contribution in [3.63, 3.8) is 0 Å². The van der Waals surface area contributed by atoms with E-state index in [0.29, 0.717) is 12.6 Å². The first-order valence-electron chi connectivity index (χ1n) is 5.21. The second-order valence-corrected chi connectivity index (χ2v) is 3.89. The predicted octanol–water partition coefficient (Wildman–Crippen LogP) is 0.0523. The van der Waals surface area contributed by atoms with Gasteiger partial charge in [0.05, 0.1) is 6.54 Å². The van der Waals surface area contributed by atoms with Crippen molar-refractivity contribution in [3.05, 3.63) is 0 Å². The van der Waals surface area contributed by atoms with E-state index >= 15 is 0 Å².